The molecule has 3 aromatic rings. The maximum Gasteiger partial charge on any atom is 0.367 e. The lowest BCUT2D eigenvalue weighted by atomic mass is 10.2. The Bertz CT molecular complexity index is 1310. The van der Waals surface area contributed by atoms with Crippen LogP contribution in [0, 0.1) is 10.6 Å². The molecule has 2 heterocycles. The van der Waals surface area contributed by atoms with E-state index in [2.05, 4.69) is 5.16 Å². The van der Waals surface area contributed by atoms with Crippen LogP contribution in [0.1, 0.15) is 23.0 Å². The Hall–Kier alpha value is -3.31. The van der Waals surface area contributed by atoms with E-state index < -0.39 is 28.9 Å². The molecular formula is C18H14ClFN4O5S. The minimum absolute atomic E-state index is 0.0574. The summed E-state index contributed by atoms with van der Waals surface area (Å²) in [7, 11) is 2.66. The molecule has 0 amide bonds. The van der Waals surface area contributed by atoms with Crippen LogP contribution in [0.4, 0.5) is 4.39 Å². The molecule has 0 aliphatic carbocycles. The van der Waals surface area contributed by atoms with Gasteiger partial charge in [-0.25, -0.2) is 23.3 Å². The van der Waals surface area contributed by atoms with Gasteiger partial charge in [0.1, 0.15) is 11.5 Å². The Labute approximate surface area is 178 Å². The number of oxime groups is 1. The maximum absolute atomic E-state index is 14.6. The Morgan fingerprint density at radius 2 is 1.87 bits per heavy atom. The van der Waals surface area contributed by atoms with Crippen molar-refractivity contribution in [3.8, 4) is 5.69 Å². The van der Waals surface area contributed by atoms with Gasteiger partial charge in [-0.05, 0) is 43.4 Å². The highest BCUT2D eigenvalue weighted by Crippen LogP contribution is 2.23. The molecule has 9 nitrogen and oxygen atoms in total. The monoisotopic (exact) mass is 452 g/mol. The third-order valence-electron chi connectivity index (χ3n) is 4.17. The molecule has 0 fully saturated rings. The van der Waals surface area contributed by atoms with Crippen molar-refractivity contribution >= 4 is 35.5 Å². The number of halogens is 2. The topological polar surface area (TPSA) is 101 Å². The van der Waals surface area contributed by atoms with E-state index in [0.717, 1.165) is 21.3 Å². The smallest absolute Gasteiger partial charge is 0.367 e. The van der Waals surface area contributed by atoms with E-state index in [0.29, 0.717) is 10.3 Å². The summed E-state index contributed by atoms with van der Waals surface area (Å²) in [5, 5.41) is 3.36. The highest BCUT2D eigenvalue weighted by molar-refractivity contribution is 7.71. The van der Waals surface area contributed by atoms with Gasteiger partial charge >= 0.3 is 17.3 Å². The quantitative estimate of drug-likeness (QED) is 0.261. The molecule has 1 aromatic carbocycles. The van der Waals surface area contributed by atoms with Crippen LogP contribution in [0.3, 0.4) is 0 Å². The minimum Gasteiger partial charge on any atom is -0.463 e. The molecule has 3 rings (SSSR count). The average molecular weight is 453 g/mol. The van der Waals surface area contributed by atoms with E-state index in [1.807, 2.05) is 0 Å². The van der Waals surface area contributed by atoms with E-state index in [9.17, 15) is 18.8 Å². The number of furan rings is 1. The van der Waals surface area contributed by atoms with Crippen LogP contribution in [0.15, 0.2) is 49.7 Å². The lowest BCUT2D eigenvalue weighted by Crippen LogP contribution is -2.43. The Morgan fingerprint density at radius 1 is 1.23 bits per heavy atom. The number of hydrogen-bond acceptors (Lipinski definition) is 7. The van der Waals surface area contributed by atoms with Gasteiger partial charge in [0.25, 0.3) is 0 Å². The van der Waals surface area contributed by atoms with Gasteiger partial charge in [-0.1, -0.05) is 16.8 Å². The summed E-state index contributed by atoms with van der Waals surface area (Å²) in [6, 6.07) is 4.97. The molecule has 0 N–H and O–H groups in total. The maximum atomic E-state index is 14.6. The van der Waals surface area contributed by atoms with Crippen LogP contribution in [0.2, 0.25) is 5.02 Å². The fourth-order valence-corrected chi connectivity index (χ4v) is 2.91. The Kier molecular flexibility index (Phi) is 5.85. The predicted octanol–water partition coefficient (Wildman–Crippen LogP) is 2.57. The van der Waals surface area contributed by atoms with Gasteiger partial charge in [-0.15, -0.1) is 0 Å². The normalized spacial score (nSPS) is 11.6. The summed E-state index contributed by atoms with van der Waals surface area (Å²) in [5.74, 6) is -1.65. The van der Waals surface area contributed by atoms with Crippen molar-refractivity contribution in [1.29, 1.82) is 0 Å². The van der Waals surface area contributed by atoms with Crippen LogP contribution < -0.4 is 11.4 Å². The van der Waals surface area contributed by atoms with Crippen molar-refractivity contribution in [3.63, 3.8) is 0 Å². The van der Waals surface area contributed by atoms with Crippen molar-refractivity contribution < 1.29 is 18.4 Å². The zero-order chi connectivity index (χ0) is 22.2. The third-order valence-corrected chi connectivity index (χ3v) is 5.03. The van der Waals surface area contributed by atoms with E-state index >= 15 is 0 Å². The van der Waals surface area contributed by atoms with Crippen LogP contribution in [0.5, 0.6) is 0 Å². The first-order valence-corrected chi connectivity index (χ1v) is 9.10. The predicted molar refractivity (Wildman–Crippen MR) is 108 cm³/mol. The highest BCUT2D eigenvalue weighted by Gasteiger charge is 2.21. The van der Waals surface area contributed by atoms with Gasteiger partial charge in [-0.3, -0.25) is 9.13 Å². The molecule has 2 aromatic heterocycles. The zero-order valence-corrected chi connectivity index (χ0v) is 17.5. The summed E-state index contributed by atoms with van der Waals surface area (Å²) in [6.45, 7) is 1.55. The fourth-order valence-electron chi connectivity index (χ4n) is 2.53. The van der Waals surface area contributed by atoms with Gasteiger partial charge < -0.3 is 9.25 Å². The van der Waals surface area contributed by atoms with Crippen LogP contribution in [-0.4, -0.2) is 25.4 Å². The molecule has 0 radical (unpaired) electrons. The lowest BCUT2D eigenvalue weighted by molar-refractivity contribution is 0.0516. The summed E-state index contributed by atoms with van der Waals surface area (Å²) in [6.07, 6.45) is 1.42. The summed E-state index contributed by atoms with van der Waals surface area (Å²) in [4.78, 5) is 42.3. The minimum atomic E-state index is -1.03. The second-order valence-corrected chi connectivity index (χ2v) is 6.89. The second-order valence-electron chi connectivity index (χ2n) is 6.12. The zero-order valence-electron chi connectivity index (χ0n) is 15.9. The average Bonchev–Trinajstić information content (AvgIpc) is 3.25. The number of benzene rings is 1. The van der Waals surface area contributed by atoms with E-state index in [1.165, 1.54) is 20.4 Å². The molecule has 0 atom stereocenters. The van der Waals surface area contributed by atoms with Crippen molar-refractivity contribution in [3.05, 3.63) is 78.4 Å². The summed E-state index contributed by atoms with van der Waals surface area (Å²) in [5.41, 5.74) is -2.31. The number of hydrogen-bond donors (Lipinski definition) is 0. The lowest BCUT2D eigenvalue weighted by Gasteiger charge is -2.12. The molecule has 156 valence electrons. The molecule has 0 saturated heterocycles. The number of aromatic nitrogens is 3. The van der Waals surface area contributed by atoms with E-state index in [4.69, 9.17) is 33.1 Å². The van der Waals surface area contributed by atoms with Crippen molar-refractivity contribution in [2.45, 2.75) is 6.92 Å². The largest absolute Gasteiger partial charge is 0.463 e. The van der Waals surface area contributed by atoms with E-state index in [-0.39, 0.29) is 21.1 Å². The highest BCUT2D eigenvalue weighted by atomic mass is 35.5. The first kappa shape index (κ1) is 21.4. The van der Waals surface area contributed by atoms with Crippen molar-refractivity contribution in [2.75, 3.05) is 0 Å². The van der Waals surface area contributed by atoms with Gasteiger partial charge in [-0.2, -0.15) is 0 Å². The van der Waals surface area contributed by atoms with Gasteiger partial charge in [0.2, 0.25) is 0 Å². The third kappa shape index (κ3) is 3.76. The number of nitrogens with zero attached hydrogens (tertiary/aromatic N) is 4. The molecule has 0 bridgehead atoms. The number of carbonyl (C=O) groups is 1. The van der Waals surface area contributed by atoms with Gasteiger partial charge in [0.15, 0.2) is 10.5 Å². The van der Waals surface area contributed by atoms with Crippen LogP contribution in [-0.2, 0) is 18.9 Å². The molecule has 0 aliphatic rings. The Balaban J connectivity index is 2.09. The van der Waals surface area contributed by atoms with Gasteiger partial charge in [0.05, 0.1) is 22.5 Å². The van der Waals surface area contributed by atoms with Crippen LogP contribution in [0.25, 0.3) is 5.69 Å². The SMILES string of the molecule is C/C(=N\OC(=O)c1cc(-n2c(=O)n(C)c(=S)n(C)c2=O)c(F)cc1Cl)c1ccco1. The Morgan fingerprint density at radius 3 is 2.43 bits per heavy atom. The first-order valence-electron chi connectivity index (χ1n) is 8.31. The van der Waals surface area contributed by atoms with Gasteiger partial charge in [0, 0.05) is 14.1 Å². The molecule has 0 spiro atoms. The molecule has 12 heteroatoms. The molecule has 0 aliphatic heterocycles. The molecule has 0 saturated carbocycles. The number of carbonyl (C=O) groups excluding carboxylic acids is 1. The van der Waals surface area contributed by atoms with E-state index in [1.54, 1.807) is 19.1 Å². The molecular weight excluding hydrogens is 439 g/mol. The fraction of sp³-hybridized carbons (Fsp3) is 0.167. The number of rotatable bonds is 4. The molecule has 30 heavy (non-hydrogen) atoms. The summed E-state index contributed by atoms with van der Waals surface area (Å²) >= 11 is 11.0. The standard InChI is InChI=1S/C18H14ClFN4O5S/c1-9(14-5-4-6-28-14)21-29-15(25)10-7-13(12(20)8-11(10)19)24-16(26)22(2)18(30)23(3)17(24)27/h4-8H,1-3H3/b21-9+. The summed E-state index contributed by atoms with van der Waals surface area (Å²) < 4.78 is 22.2. The van der Waals surface area contributed by atoms with Crippen molar-refractivity contribution in [1.82, 2.24) is 13.7 Å². The van der Waals surface area contributed by atoms with Crippen LogP contribution >= 0.6 is 23.8 Å². The first-order chi connectivity index (χ1) is 14.1. The van der Waals surface area contributed by atoms with Crippen molar-refractivity contribution in [2.24, 2.45) is 19.3 Å². The second kappa shape index (κ2) is 8.20. The molecule has 0 unspecified atom stereocenters.